The molecule has 1 atom stereocenters. The molecule has 1 aromatic heterocycles. The Morgan fingerprint density at radius 3 is 1.90 bits per heavy atom. The Balaban J connectivity index is 0.973. The number of fused-ring (bicyclic) bond motifs is 17. The van der Waals surface area contributed by atoms with Crippen LogP contribution in [0.25, 0.3) is 99.1 Å². The van der Waals surface area contributed by atoms with Crippen molar-refractivity contribution in [2.24, 2.45) is 0 Å². The van der Waals surface area contributed by atoms with Crippen molar-refractivity contribution in [1.29, 1.82) is 0 Å². The summed E-state index contributed by atoms with van der Waals surface area (Å²) in [6.07, 6.45) is 0. The van der Waals surface area contributed by atoms with Crippen molar-refractivity contribution in [3.8, 4) is 67.1 Å². The molecule has 0 saturated carbocycles. The minimum absolute atomic E-state index is 0.439. The molecule has 59 heavy (non-hydrogen) atoms. The molecule has 11 aromatic rings. The summed E-state index contributed by atoms with van der Waals surface area (Å²) in [5, 5.41) is 7.15. The van der Waals surface area contributed by atoms with Gasteiger partial charge in [-0.1, -0.05) is 164 Å². The van der Waals surface area contributed by atoms with Crippen LogP contribution in [0.15, 0.2) is 199 Å². The van der Waals surface area contributed by atoms with Gasteiger partial charge >= 0.3 is 0 Å². The normalized spacial score (nSPS) is 15.3. The average Bonchev–Trinajstić information content (AvgIpc) is 3.93. The smallest absolute Gasteiger partial charge is 0.143 e. The van der Waals surface area contributed by atoms with Gasteiger partial charge in [0.25, 0.3) is 0 Å². The van der Waals surface area contributed by atoms with Crippen molar-refractivity contribution < 1.29 is 9.15 Å². The second kappa shape index (κ2) is 11.2. The SMILES string of the molecule is c1ccc2c(c1)-c1ccc(-c3ccc4c5c(cccc35)-c3cc(-c5cccc6c5oc5ccccc56)ccc3O4)cc1C21c2ccccc2-c2c1ccc1ccccc21. The van der Waals surface area contributed by atoms with E-state index in [1.807, 2.05) is 12.1 Å². The zero-order valence-electron chi connectivity index (χ0n) is 31.8. The number of benzene rings is 10. The van der Waals surface area contributed by atoms with Crippen molar-refractivity contribution in [3.63, 3.8) is 0 Å². The summed E-state index contributed by atoms with van der Waals surface area (Å²) in [5.74, 6) is 1.75. The first kappa shape index (κ1) is 31.4. The maximum absolute atomic E-state index is 6.75. The molecule has 0 radical (unpaired) electrons. The zero-order valence-corrected chi connectivity index (χ0v) is 31.8. The third kappa shape index (κ3) is 3.96. The molecule has 0 N–H and O–H groups in total. The second-order valence-corrected chi connectivity index (χ2v) is 16.2. The number of rotatable bonds is 2. The van der Waals surface area contributed by atoms with Gasteiger partial charge in [0, 0.05) is 27.3 Å². The van der Waals surface area contributed by atoms with Gasteiger partial charge in [0.2, 0.25) is 0 Å². The monoisotopic (exact) mass is 748 g/mol. The standard InChI is InChI=1S/C57H32O2/c1-2-12-37-33(11-1)24-28-49-54(37)45-15-4-7-21-48(45)57(49)47-20-6-3-13-39(47)40-26-23-35(32-50(40)57)36-27-30-53-55-42(36)17-10-18-43(55)46-31-34(25-29-52(46)58-53)38-16-9-19-44-41-14-5-8-22-51(41)59-56(38)44/h1-32H. The van der Waals surface area contributed by atoms with Crippen LogP contribution in [0.4, 0.5) is 0 Å². The molecule has 2 heteroatoms. The van der Waals surface area contributed by atoms with Crippen LogP contribution in [-0.2, 0) is 5.41 Å². The Kier molecular flexibility index (Phi) is 5.99. The van der Waals surface area contributed by atoms with Gasteiger partial charge in [0.15, 0.2) is 0 Å². The highest BCUT2D eigenvalue weighted by Gasteiger charge is 2.52. The van der Waals surface area contributed by atoms with Crippen LogP contribution in [0.3, 0.4) is 0 Å². The molecule has 0 saturated heterocycles. The van der Waals surface area contributed by atoms with Gasteiger partial charge in [-0.2, -0.15) is 0 Å². The predicted molar refractivity (Wildman–Crippen MR) is 241 cm³/mol. The van der Waals surface area contributed by atoms with Crippen molar-refractivity contribution in [2.75, 3.05) is 0 Å². The largest absolute Gasteiger partial charge is 0.456 e. The van der Waals surface area contributed by atoms with E-state index in [0.717, 1.165) is 55.5 Å². The minimum atomic E-state index is -0.439. The number of furan rings is 1. The minimum Gasteiger partial charge on any atom is -0.456 e. The van der Waals surface area contributed by atoms with Gasteiger partial charge < -0.3 is 9.15 Å². The summed E-state index contributed by atoms with van der Waals surface area (Å²) < 4.78 is 13.2. The quantitative estimate of drug-likeness (QED) is 0.176. The second-order valence-electron chi connectivity index (χ2n) is 16.2. The van der Waals surface area contributed by atoms with Gasteiger partial charge in [-0.05, 0) is 113 Å². The van der Waals surface area contributed by atoms with Crippen LogP contribution in [0, 0.1) is 0 Å². The third-order valence-electron chi connectivity index (χ3n) is 13.5. The number of hydrogen-bond donors (Lipinski definition) is 0. The molecular formula is C57H32O2. The molecule has 3 aliphatic rings. The lowest BCUT2D eigenvalue weighted by atomic mass is 9.70. The molecule has 14 rings (SSSR count). The molecule has 1 aliphatic heterocycles. The molecular weight excluding hydrogens is 717 g/mol. The first-order valence-corrected chi connectivity index (χ1v) is 20.4. The molecule has 0 bridgehead atoms. The summed E-state index contributed by atoms with van der Waals surface area (Å²) in [6, 6.07) is 71.3. The maximum Gasteiger partial charge on any atom is 0.143 e. The fraction of sp³-hybridized carbons (Fsp3) is 0.0175. The van der Waals surface area contributed by atoms with Crippen LogP contribution >= 0.6 is 0 Å². The molecule has 1 unspecified atom stereocenters. The molecule has 0 fully saturated rings. The van der Waals surface area contributed by atoms with E-state index in [1.165, 1.54) is 77.4 Å². The number of ether oxygens (including phenoxy) is 1. The van der Waals surface area contributed by atoms with Gasteiger partial charge in [0.1, 0.15) is 22.7 Å². The highest BCUT2D eigenvalue weighted by atomic mass is 16.5. The highest BCUT2D eigenvalue weighted by Crippen LogP contribution is 2.64. The molecule has 1 spiro atoms. The molecule has 2 nitrogen and oxygen atoms in total. The average molecular weight is 749 g/mol. The topological polar surface area (TPSA) is 22.4 Å². The lowest BCUT2D eigenvalue weighted by molar-refractivity contribution is 0.487. The number of para-hydroxylation sites is 2. The molecule has 10 aromatic carbocycles. The molecule has 272 valence electrons. The Morgan fingerprint density at radius 2 is 0.983 bits per heavy atom. The molecule has 2 aliphatic carbocycles. The Bertz CT molecular complexity index is 3660. The molecule has 0 amide bonds. The van der Waals surface area contributed by atoms with Crippen LogP contribution in [0.1, 0.15) is 22.3 Å². The fourth-order valence-corrected chi connectivity index (χ4v) is 11.1. The van der Waals surface area contributed by atoms with E-state index in [0.29, 0.717) is 0 Å². The summed E-state index contributed by atoms with van der Waals surface area (Å²) in [5.41, 5.74) is 18.9. The first-order valence-electron chi connectivity index (χ1n) is 20.4. The van der Waals surface area contributed by atoms with E-state index in [1.54, 1.807) is 0 Å². The fourth-order valence-electron chi connectivity index (χ4n) is 11.1. The van der Waals surface area contributed by atoms with Crippen LogP contribution in [0.5, 0.6) is 11.5 Å². The first-order chi connectivity index (χ1) is 29.3. The van der Waals surface area contributed by atoms with Gasteiger partial charge in [-0.15, -0.1) is 0 Å². The van der Waals surface area contributed by atoms with Gasteiger partial charge in [-0.25, -0.2) is 0 Å². The van der Waals surface area contributed by atoms with Crippen molar-refractivity contribution in [1.82, 2.24) is 0 Å². The third-order valence-corrected chi connectivity index (χ3v) is 13.5. The van der Waals surface area contributed by atoms with Crippen LogP contribution in [0.2, 0.25) is 0 Å². The predicted octanol–water partition coefficient (Wildman–Crippen LogP) is 15.3. The Hall–Kier alpha value is -7.68. The highest BCUT2D eigenvalue weighted by molar-refractivity contribution is 6.13. The zero-order chi connectivity index (χ0) is 38.4. The van der Waals surface area contributed by atoms with Gasteiger partial charge in [-0.3, -0.25) is 0 Å². The lowest BCUT2D eigenvalue weighted by Crippen LogP contribution is -2.25. The van der Waals surface area contributed by atoms with E-state index >= 15 is 0 Å². The van der Waals surface area contributed by atoms with E-state index in [2.05, 4.69) is 182 Å². The summed E-state index contributed by atoms with van der Waals surface area (Å²) in [4.78, 5) is 0. The Morgan fingerprint density at radius 1 is 0.339 bits per heavy atom. The summed E-state index contributed by atoms with van der Waals surface area (Å²) >= 11 is 0. The van der Waals surface area contributed by atoms with E-state index in [4.69, 9.17) is 9.15 Å². The maximum atomic E-state index is 6.75. The van der Waals surface area contributed by atoms with E-state index in [-0.39, 0.29) is 0 Å². The van der Waals surface area contributed by atoms with Crippen LogP contribution < -0.4 is 4.74 Å². The lowest BCUT2D eigenvalue weighted by Gasteiger charge is -2.31. The van der Waals surface area contributed by atoms with Crippen molar-refractivity contribution in [2.45, 2.75) is 5.41 Å². The number of hydrogen-bond acceptors (Lipinski definition) is 2. The van der Waals surface area contributed by atoms with Crippen molar-refractivity contribution in [3.05, 3.63) is 216 Å². The summed E-state index contributed by atoms with van der Waals surface area (Å²) in [7, 11) is 0. The van der Waals surface area contributed by atoms with Gasteiger partial charge in [0.05, 0.1) is 5.41 Å². The van der Waals surface area contributed by atoms with E-state index in [9.17, 15) is 0 Å². The Labute approximate surface area is 340 Å². The van der Waals surface area contributed by atoms with Crippen molar-refractivity contribution >= 4 is 43.5 Å². The van der Waals surface area contributed by atoms with Crippen LogP contribution in [-0.4, -0.2) is 0 Å². The molecule has 2 heterocycles. The summed E-state index contributed by atoms with van der Waals surface area (Å²) in [6.45, 7) is 0. The van der Waals surface area contributed by atoms with E-state index < -0.39 is 5.41 Å².